The molecule has 0 bridgehead atoms. The Morgan fingerprint density at radius 1 is 0.692 bits per heavy atom. The van der Waals surface area contributed by atoms with Gasteiger partial charge in [-0.05, 0) is 13.3 Å². The number of halogens is 12. The topological polar surface area (TPSA) is 36.9 Å². The van der Waals surface area contributed by atoms with Crippen LogP contribution in [0.15, 0.2) is 0 Å². The Labute approximate surface area is 135 Å². The third-order valence-electron chi connectivity index (χ3n) is 3.01. The number of hydrogen-bond donors (Lipinski definition) is 0. The van der Waals surface area contributed by atoms with Crippen LogP contribution in [0.4, 0.5) is 52.7 Å². The second-order valence-corrected chi connectivity index (χ2v) is 5.01. The standard InChI is InChI=1S/C10H8F12O4/c1-3-4(2)23-5(11,7(13,14)25-9(17,18)19)6(12,24-4)8(15,16)26-10(20,21)22/h3H2,1-2H3. The largest absolute Gasteiger partial charge is 0.527 e. The molecule has 1 rings (SSSR count). The van der Waals surface area contributed by atoms with Crippen LogP contribution in [0.1, 0.15) is 20.3 Å². The van der Waals surface area contributed by atoms with Gasteiger partial charge in [0.15, 0.2) is 5.79 Å². The monoisotopic (exact) mass is 420 g/mol. The summed E-state index contributed by atoms with van der Waals surface area (Å²) in [5, 5.41) is 0. The molecule has 1 aliphatic heterocycles. The number of alkyl halides is 12. The summed E-state index contributed by atoms with van der Waals surface area (Å²) in [4.78, 5) is 0. The van der Waals surface area contributed by atoms with Crippen molar-refractivity contribution >= 4 is 0 Å². The zero-order valence-corrected chi connectivity index (χ0v) is 12.4. The number of ether oxygens (including phenoxy) is 4. The predicted molar refractivity (Wildman–Crippen MR) is 52.7 cm³/mol. The summed E-state index contributed by atoms with van der Waals surface area (Å²) in [6.07, 6.45) is -27.1. The predicted octanol–water partition coefficient (Wildman–Crippen LogP) is 4.75. The summed E-state index contributed by atoms with van der Waals surface area (Å²) in [6, 6.07) is 0. The van der Waals surface area contributed by atoms with Crippen molar-refractivity contribution in [2.45, 2.75) is 62.7 Å². The van der Waals surface area contributed by atoms with Crippen LogP contribution in [0, 0.1) is 0 Å². The average molecular weight is 420 g/mol. The SMILES string of the molecule is CCC1(C)OC(F)(C(F)(F)OC(F)(F)F)C(F)(C(F)(F)OC(F)(F)F)O1. The Kier molecular flexibility index (Phi) is 5.32. The Morgan fingerprint density at radius 2 is 0.962 bits per heavy atom. The van der Waals surface area contributed by atoms with E-state index in [9.17, 15) is 52.7 Å². The van der Waals surface area contributed by atoms with Crippen LogP contribution in [0.25, 0.3) is 0 Å². The van der Waals surface area contributed by atoms with Gasteiger partial charge in [-0.25, -0.2) is 9.47 Å². The van der Waals surface area contributed by atoms with E-state index in [1.807, 2.05) is 9.47 Å². The molecule has 2 atom stereocenters. The Bertz CT molecular complexity index is 489. The van der Waals surface area contributed by atoms with E-state index in [1.165, 1.54) is 0 Å². The molecule has 0 aliphatic carbocycles. The van der Waals surface area contributed by atoms with Crippen molar-refractivity contribution in [3.63, 3.8) is 0 Å². The highest BCUT2D eigenvalue weighted by Crippen LogP contribution is 2.61. The fourth-order valence-corrected chi connectivity index (χ4v) is 1.81. The van der Waals surface area contributed by atoms with Gasteiger partial charge in [0.05, 0.1) is 0 Å². The van der Waals surface area contributed by atoms with E-state index in [2.05, 4.69) is 9.47 Å². The fourth-order valence-electron chi connectivity index (χ4n) is 1.81. The lowest BCUT2D eigenvalue weighted by Crippen LogP contribution is -2.67. The maximum Gasteiger partial charge on any atom is 0.527 e. The molecule has 1 heterocycles. The molecule has 26 heavy (non-hydrogen) atoms. The van der Waals surface area contributed by atoms with E-state index in [-0.39, 0.29) is 0 Å². The van der Waals surface area contributed by atoms with Crippen molar-refractivity contribution in [1.82, 2.24) is 0 Å². The highest BCUT2D eigenvalue weighted by Gasteiger charge is 2.89. The molecule has 0 spiro atoms. The normalized spacial score (nSPS) is 34.4. The average Bonchev–Trinajstić information content (AvgIpc) is 2.54. The first-order valence-corrected chi connectivity index (χ1v) is 6.21. The molecule has 1 fully saturated rings. The van der Waals surface area contributed by atoms with E-state index >= 15 is 0 Å². The van der Waals surface area contributed by atoms with E-state index in [0.29, 0.717) is 6.92 Å². The summed E-state index contributed by atoms with van der Waals surface area (Å²) in [7, 11) is 0. The smallest absolute Gasteiger partial charge is 0.302 e. The van der Waals surface area contributed by atoms with Gasteiger partial charge in [-0.15, -0.1) is 26.3 Å². The second kappa shape index (κ2) is 6.00. The highest BCUT2D eigenvalue weighted by molar-refractivity contribution is 5.05. The van der Waals surface area contributed by atoms with Gasteiger partial charge in [0.25, 0.3) is 0 Å². The van der Waals surface area contributed by atoms with Crippen LogP contribution in [-0.4, -0.2) is 42.4 Å². The minimum atomic E-state index is -6.62. The molecule has 1 saturated heterocycles. The molecule has 0 aromatic rings. The molecule has 2 unspecified atom stereocenters. The van der Waals surface area contributed by atoms with Crippen LogP contribution < -0.4 is 0 Å². The van der Waals surface area contributed by atoms with Crippen LogP contribution in [0.3, 0.4) is 0 Å². The fraction of sp³-hybridized carbons (Fsp3) is 1.00. The summed E-state index contributed by atoms with van der Waals surface area (Å²) >= 11 is 0. The zero-order valence-electron chi connectivity index (χ0n) is 12.4. The second-order valence-electron chi connectivity index (χ2n) is 5.01. The zero-order chi connectivity index (χ0) is 21.0. The molecule has 156 valence electrons. The van der Waals surface area contributed by atoms with Gasteiger partial charge in [0.2, 0.25) is 0 Å². The number of rotatable bonds is 5. The van der Waals surface area contributed by atoms with Gasteiger partial charge in [-0.2, -0.15) is 26.3 Å². The van der Waals surface area contributed by atoms with Crippen molar-refractivity contribution in [3.8, 4) is 0 Å². The minimum absolute atomic E-state index is 0.302. The van der Waals surface area contributed by atoms with E-state index in [0.717, 1.165) is 6.92 Å². The van der Waals surface area contributed by atoms with Crippen LogP contribution in [0.5, 0.6) is 0 Å². The molecule has 1 aliphatic rings. The van der Waals surface area contributed by atoms with Gasteiger partial charge in [0, 0.05) is 0 Å². The van der Waals surface area contributed by atoms with E-state index in [4.69, 9.17) is 0 Å². The van der Waals surface area contributed by atoms with Crippen molar-refractivity contribution in [1.29, 1.82) is 0 Å². The molecule has 0 aromatic heterocycles. The lowest BCUT2D eigenvalue weighted by molar-refractivity contribution is -0.532. The first-order chi connectivity index (χ1) is 11.1. The molecule has 16 heteroatoms. The minimum Gasteiger partial charge on any atom is -0.302 e. The van der Waals surface area contributed by atoms with Crippen LogP contribution >= 0.6 is 0 Å². The van der Waals surface area contributed by atoms with E-state index < -0.39 is 48.9 Å². The summed E-state index contributed by atoms with van der Waals surface area (Å²) in [5.74, 6) is -15.5. The first kappa shape index (κ1) is 23.0. The molecule has 0 aromatic carbocycles. The van der Waals surface area contributed by atoms with Gasteiger partial charge in [-0.3, -0.25) is 0 Å². The Hall–Kier alpha value is -1.00. The van der Waals surface area contributed by atoms with Gasteiger partial charge in [-0.1, -0.05) is 6.92 Å². The van der Waals surface area contributed by atoms with Gasteiger partial charge in [0.1, 0.15) is 0 Å². The molecule has 0 radical (unpaired) electrons. The maximum atomic E-state index is 14.4. The lowest BCUT2D eigenvalue weighted by atomic mass is 10.1. The van der Waals surface area contributed by atoms with Crippen molar-refractivity contribution in [2.24, 2.45) is 0 Å². The Morgan fingerprint density at radius 3 is 1.15 bits per heavy atom. The third-order valence-corrected chi connectivity index (χ3v) is 3.01. The third kappa shape index (κ3) is 3.96. The summed E-state index contributed by atoms with van der Waals surface area (Å²) < 4.78 is 166. The lowest BCUT2D eigenvalue weighted by Gasteiger charge is -2.38. The maximum absolute atomic E-state index is 14.4. The van der Waals surface area contributed by atoms with Crippen LogP contribution in [0.2, 0.25) is 0 Å². The quantitative estimate of drug-likeness (QED) is 0.602. The van der Waals surface area contributed by atoms with Gasteiger partial charge < -0.3 is 9.47 Å². The molecular formula is C10H8F12O4. The molecule has 0 amide bonds. The summed E-state index contributed by atoms with van der Waals surface area (Å²) in [5.41, 5.74) is 0. The van der Waals surface area contributed by atoms with Crippen molar-refractivity contribution in [2.75, 3.05) is 0 Å². The Balaban J connectivity index is 3.54. The highest BCUT2D eigenvalue weighted by atomic mass is 19.4. The van der Waals surface area contributed by atoms with E-state index in [1.54, 1.807) is 0 Å². The first-order valence-electron chi connectivity index (χ1n) is 6.21. The van der Waals surface area contributed by atoms with Crippen LogP contribution in [-0.2, 0) is 18.9 Å². The molecule has 4 nitrogen and oxygen atoms in total. The van der Waals surface area contributed by atoms with Gasteiger partial charge >= 0.3 is 36.7 Å². The van der Waals surface area contributed by atoms with Crippen molar-refractivity contribution < 1.29 is 71.6 Å². The summed E-state index contributed by atoms with van der Waals surface area (Å²) in [6.45, 7) is 1.12. The van der Waals surface area contributed by atoms with Crippen molar-refractivity contribution in [3.05, 3.63) is 0 Å². The molecular weight excluding hydrogens is 412 g/mol. The number of hydrogen-bond acceptors (Lipinski definition) is 4. The molecule has 0 saturated carbocycles. The molecule has 0 N–H and O–H groups in total.